The summed E-state index contributed by atoms with van der Waals surface area (Å²) in [5.41, 5.74) is 0.340. The van der Waals surface area contributed by atoms with E-state index in [9.17, 15) is 4.79 Å². The van der Waals surface area contributed by atoms with Crippen molar-refractivity contribution >= 4 is 28.5 Å². The first-order valence-corrected chi connectivity index (χ1v) is 16.1. The molecule has 0 rings (SSSR count). The fourth-order valence-corrected chi connectivity index (χ4v) is 5.40. The third-order valence-corrected chi connectivity index (χ3v) is 8.15. The van der Waals surface area contributed by atoms with E-state index in [4.69, 9.17) is 0 Å². The highest BCUT2D eigenvalue weighted by Crippen LogP contribution is 2.21. The van der Waals surface area contributed by atoms with Gasteiger partial charge < -0.3 is 9.80 Å². The zero-order valence-electron chi connectivity index (χ0n) is 23.7. The summed E-state index contributed by atoms with van der Waals surface area (Å²) < 4.78 is 2.20. The van der Waals surface area contributed by atoms with E-state index < -0.39 is 0 Å². The zero-order valence-corrected chi connectivity index (χ0v) is 25.9. The number of unbranched alkanes of at least 4 members (excludes halogenated alkanes) is 13. The van der Waals surface area contributed by atoms with Crippen LogP contribution >= 0.6 is 22.6 Å². The maximum atomic E-state index is 12.1. The van der Waals surface area contributed by atoms with Crippen molar-refractivity contribution in [1.29, 1.82) is 0 Å². The molecule has 34 heavy (non-hydrogen) atoms. The SMILES string of the molecule is CCCCCCCC/C=C\CCCCCCCCCC(=O)NCCC[N+](C)(CI)CC(C)(C)C. The molecule has 1 amide bonds. The molecule has 1 N–H and O–H groups in total. The topological polar surface area (TPSA) is 29.1 Å². The Bertz CT molecular complexity index is 501. The number of alkyl halides is 1. The van der Waals surface area contributed by atoms with Gasteiger partial charge in [-0.05, 0) is 54.7 Å². The van der Waals surface area contributed by atoms with Gasteiger partial charge in [-0.15, -0.1) is 0 Å². The lowest BCUT2D eigenvalue weighted by molar-refractivity contribution is -0.900. The maximum Gasteiger partial charge on any atom is 0.219 e. The lowest BCUT2D eigenvalue weighted by atomic mass is 9.95. The molecule has 4 heteroatoms. The van der Waals surface area contributed by atoms with Crippen LogP contribution in [0, 0.1) is 5.41 Å². The number of nitrogens with zero attached hydrogens (tertiary/aromatic N) is 1. The fraction of sp³-hybridized carbons (Fsp3) is 0.900. The molecule has 1 atom stereocenters. The van der Waals surface area contributed by atoms with Crippen LogP contribution in [0.15, 0.2) is 12.2 Å². The van der Waals surface area contributed by atoms with E-state index in [2.05, 4.69) is 74.8 Å². The summed E-state index contributed by atoms with van der Waals surface area (Å²) in [5.74, 6) is 0.243. The number of carbonyl (C=O) groups is 1. The van der Waals surface area contributed by atoms with Gasteiger partial charge >= 0.3 is 0 Å². The molecule has 0 saturated heterocycles. The molecule has 3 nitrogen and oxygen atoms in total. The van der Waals surface area contributed by atoms with Crippen LogP contribution in [0.4, 0.5) is 0 Å². The minimum Gasteiger partial charge on any atom is -0.356 e. The zero-order chi connectivity index (χ0) is 25.5. The molecule has 0 fully saturated rings. The molecular weight excluding hydrogens is 531 g/mol. The van der Waals surface area contributed by atoms with Crippen LogP contribution in [-0.2, 0) is 4.79 Å². The quantitative estimate of drug-likeness (QED) is 0.0315. The molecule has 0 aromatic carbocycles. The van der Waals surface area contributed by atoms with E-state index in [0.717, 1.165) is 35.0 Å². The summed E-state index contributed by atoms with van der Waals surface area (Å²) in [7, 11) is 2.34. The molecule has 1 unspecified atom stereocenters. The number of hydrogen-bond acceptors (Lipinski definition) is 1. The summed E-state index contributed by atoms with van der Waals surface area (Å²) in [4.78, 5) is 12.1. The standard InChI is InChI=1S/C30H59IN2O/c1-6-7-8-9-10-11-12-13-14-15-16-17-18-19-20-21-22-24-29(34)32-25-23-26-33(5,28-31)27-30(2,3)4/h13-14H,6-12,15-28H2,1-5H3/p+1/b14-13-. The van der Waals surface area contributed by atoms with Gasteiger partial charge in [0.05, 0.1) is 20.1 Å². The Hall–Kier alpha value is -0.100. The van der Waals surface area contributed by atoms with Gasteiger partial charge in [0.25, 0.3) is 0 Å². The highest BCUT2D eigenvalue weighted by molar-refractivity contribution is 14.1. The van der Waals surface area contributed by atoms with E-state index >= 15 is 0 Å². The molecular formula is C30H60IN2O+. The summed E-state index contributed by atoms with van der Waals surface area (Å²) >= 11 is 2.50. The van der Waals surface area contributed by atoms with Crippen molar-refractivity contribution in [3.63, 3.8) is 0 Å². The molecule has 0 radical (unpaired) electrons. The number of hydrogen-bond donors (Lipinski definition) is 1. The Morgan fingerprint density at radius 1 is 0.794 bits per heavy atom. The minimum atomic E-state index is 0.243. The molecule has 0 saturated carbocycles. The van der Waals surface area contributed by atoms with E-state index in [0.29, 0.717) is 11.8 Å². The molecule has 0 spiro atoms. The van der Waals surface area contributed by atoms with Gasteiger partial charge in [0.2, 0.25) is 5.91 Å². The summed E-state index contributed by atoms with van der Waals surface area (Å²) in [6.45, 7) is 12.4. The normalized spacial score (nSPS) is 13.9. The Labute approximate surface area is 228 Å². The van der Waals surface area contributed by atoms with E-state index in [1.165, 1.54) is 96.4 Å². The second-order valence-electron chi connectivity index (χ2n) is 11.9. The molecule has 0 aliphatic rings. The second kappa shape index (κ2) is 22.1. The first-order chi connectivity index (χ1) is 16.2. The Morgan fingerprint density at radius 3 is 1.79 bits per heavy atom. The predicted molar refractivity (Wildman–Crippen MR) is 161 cm³/mol. The van der Waals surface area contributed by atoms with Crippen molar-refractivity contribution in [3.8, 4) is 0 Å². The predicted octanol–water partition coefficient (Wildman–Crippen LogP) is 9.20. The average molecular weight is 592 g/mol. The van der Waals surface area contributed by atoms with Crippen molar-refractivity contribution in [2.24, 2.45) is 5.41 Å². The summed E-state index contributed by atoms with van der Waals surface area (Å²) in [5, 5.41) is 3.14. The van der Waals surface area contributed by atoms with Crippen molar-refractivity contribution in [1.82, 2.24) is 5.32 Å². The van der Waals surface area contributed by atoms with Crippen molar-refractivity contribution in [3.05, 3.63) is 12.2 Å². The van der Waals surface area contributed by atoms with Gasteiger partial charge in [-0.2, -0.15) is 0 Å². The number of allylic oxidation sites excluding steroid dienone is 2. The fourth-order valence-electron chi connectivity index (χ4n) is 4.81. The van der Waals surface area contributed by atoms with Crippen molar-refractivity contribution in [2.45, 2.75) is 137 Å². The third kappa shape index (κ3) is 23.6. The highest BCUT2D eigenvalue weighted by Gasteiger charge is 2.27. The first-order valence-electron chi connectivity index (χ1n) is 14.5. The molecule has 202 valence electrons. The smallest absolute Gasteiger partial charge is 0.219 e. The van der Waals surface area contributed by atoms with Gasteiger partial charge in [-0.1, -0.05) is 104 Å². The first kappa shape index (κ1) is 33.9. The van der Waals surface area contributed by atoms with Gasteiger partial charge in [0, 0.05) is 24.8 Å². The maximum absolute atomic E-state index is 12.1. The number of rotatable bonds is 23. The summed E-state index contributed by atoms with van der Waals surface area (Å²) in [6.07, 6.45) is 26.3. The molecule has 0 bridgehead atoms. The Kier molecular flexibility index (Phi) is 22.1. The van der Waals surface area contributed by atoms with E-state index in [1.54, 1.807) is 0 Å². The van der Waals surface area contributed by atoms with Crippen LogP contribution < -0.4 is 5.32 Å². The Morgan fingerprint density at radius 2 is 1.29 bits per heavy atom. The van der Waals surface area contributed by atoms with Crippen LogP contribution in [0.3, 0.4) is 0 Å². The molecule has 0 aliphatic heterocycles. The second-order valence-corrected chi connectivity index (χ2v) is 12.6. The van der Waals surface area contributed by atoms with Crippen LogP contribution in [0.5, 0.6) is 0 Å². The van der Waals surface area contributed by atoms with Gasteiger partial charge in [-0.25, -0.2) is 0 Å². The van der Waals surface area contributed by atoms with Gasteiger partial charge in [-0.3, -0.25) is 4.79 Å². The number of halogens is 1. The monoisotopic (exact) mass is 591 g/mol. The van der Waals surface area contributed by atoms with Crippen LogP contribution in [0.1, 0.15) is 137 Å². The number of quaternary nitrogens is 1. The van der Waals surface area contributed by atoms with Crippen LogP contribution in [0.2, 0.25) is 0 Å². The van der Waals surface area contributed by atoms with Crippen molar-refractivity contribution in [2.75, 3.05) is 31.2 Å². The van der Waals surface area contributed by atoms with E-state index in [1.807, 2.05) is 0 Å². The third-order valence-electron chi connectivity index (χ3n) is 6.51. The van der Waals surface area contributed by atoms with Crippen LogP contribution in [-0.4, -0.2) is 41.6 Å². The van der Waals surface area contributed by atoms with Crippen LogP contribution in [0.25, 0.3) is 0 Å². The number of carbonyl (C=O) groups excluding carboxylic acids is 1. The minimum absolute atomic E-state index is 0.243. The molecule has 0 aromatic rings. The van der Waals surface area contributed by atoms with Gasteiger partial charge in [0.15, 0.2) is 0 Å². The lowest BCUT2D eigenvalue weighted by Gasteiger charge is -2.38. The highest BCUT2D eigenvalue weighted by atomic mass is 127. The molecule has 0 aromatic heterocycles. The average Bonchev–Trinajstić information content (AvgIpc) is 2.77. The molecule has 0 heterocycles. The van der Waals surface area contributed by atoms with Crippen molar-refractivity contribution < 1.29 is 9.28 Å². The number of amides is 1. The van der Waals surface area contributed by atoms with Gasteiger partial charge in [0.1, 0.15) is 4.55 Å². The lowest BCUT2D eigenvalue weighted by Crippen LogP contribution is -2.49. The van der Waals surface area contributed by atoms with E-state index in [-0.39, 0.29) is 5.91 Å². The number of nitrogens with one attached hydrogen (secondary N) is 1. The largest absolute Gasteiger partial charge is 0.356 e. The Balaban J connectivity index is 3.47. The molecule has 0 aliphatic carbocycles. The summed E-state index contributed by atoms with van der Waals surface area (Å²) in [6, 6.07) is 0.